The van der Waals surface area contributed by atoms with Crippen LogP contribution in [0.15, 0.2) is 0 Å². The van der Waals surface area contributed by atoms with E-state index >= 15 is 0 Å². The second-order valence-electron chi connectivity index (χ2n) is 6.24. The normalized spacial score (nSPS) is 27.8. The second-order valence-corrected chi connectivity index (χ2v) is 11.0. The summed E-state index contributed by atoms with van der Waals surface area (Å²) in [5.74, 6) is -0.123. The van der Waals surface area contributed by atoms with Crippen LogP contribution in [0.4, 0.5) is 0 Å². The van der Waals surface area contributed by atoms with Gasteiger partial charge in [0.1, 0.15) is 6.10 Å². The lowest BCUT2D eigenvalue weighted by Gasteiger charge is -2.40. The van der Waals surface area contributed by atoms with Crippen LogP contribution in [0, 0.1) is 0 Å². The van der Waals surface area contributed by atoms with E-state index in [0.29, 0.717) is 6.42 Å². The summed E-state index contributed by atoms with van der Waals surface area (Å²) < 4.78 is 11.3. The van der Waals surface area contributed by atoms with Crippen LogP contribution in [0.2, 0.25) is 18.1 Å². The summed E-state index contributed by atoms with van der Waals surface area (Å²) in [7, 11) is -1.76. The Balaban J connectivity index is 2.63. The van der Waals surface area contributed by atoms with E-state index in [4.69, 9.17) is 9.16 Å². The first-order valence-corrected chi connectivity index (χ1v) is 8.90. The van der Waals surface area contributed by atoms with Crippen molar-refractivity contribution in [1.29, 1.82) is 0 Å². The zero-order chi connectivity index (χ0) is 12.6. The molecule has 94 valence electrons. The number of hydrogen-bond acceptors (Lipinski definition) is 3. The van der Waals surface area contributed by atoms with E-state index in [1.807, 2.05) is 6.92 Å². The SMILES string of the molecule is C[C@@H]1C[C@@H](O[Si](C)(C)C(C)(C)C)CC(=O)O1. The smallest absolute Gasteiger partial charge is 0.308 e. The van der Waals surface area contributed by atoms with Crippen LogP contribution in [0.5, 0.6) is 0 Å². The van der Waals surface area contributed by atoms with Gasteiger partial charge in [0, 0.05) is 6.42 Å². The zero-order valence-corrected chi connectivity index (χ0v) is 12.3. The van der Waals surface area contributed by atoms with E-state index in [0.717, 1.165) is 6.42 Å². The Morgan fingerprint density at radius 2 is 1.94 bits per heavy atom. The number of ether oxygens (including phenoxy) is 1. The lowest BCUT2D eigenvalue weighted by Crippen LogP contribution is -2.46. The van der Waals surface area contributed by atoms with Crippen molar-refractivity contribution in [3.63, 3.8) is 0 Å². The molecule has 3 nitrogen and oxygen atoms in total. The van der Waals surface area contributed by atoms with Crippen molar-refractivity contribution in [2.24, 2.45) is 0 Å². The largest absolute Gasteiger partial charge is 0.462 e. The summed E-state index contributed by atoms with van der Waals surface area (Å²) in [4.78, 5) is 11.3. The minimum absolute atomic E-state index is 0.00369. The van der Waals surface area contributed by atoms with Crippen LogP contribution in [0.3, 0.4) is 0 Å². The van der Waals surface area contributed by atoms with Crippen LogP contribution in [0.25, 0.3) is 0 Å². The highest BCUT2D eigenvalue weighted by Crippen LogP contribution is 2.38. The maximum Gasteiger partial charge on any atom is 0.308 e. The van der Waals surface area contributed by atoms with Gasteiger partial charge < -0.3 is 9.16 Å². The highest BCUT2D eigenvalue weighted by molar-refractivity contribution is 6.74. The van der Waals surface area contributed by atoms with Crippen molar-refractivity contribution >= 4 is 14.3 Å². The van der Waals surface area contributed by atoms with Crippen molar-refractivity contribution in [2.75, 3.05) is 0 Å². The van der Waals surface area contributed by atoms with E-state index in [-0.39, 0.29) is 23.2 Å². The molecule has 1 fully saturated rings. The Labute approximate surface area is 99.6 Å². The summed E-state index contributed by atoms with van der Waals surface area (Å²) in [5.41, 5.74) is 0. The molecular formula is C12H24O3Si. The van der Waals surface area contributed by atoms with Gasteiger partial charge in [0.2, 0.25) is 0 Å². The topological polar surface area (TPSA) is 35.5 Å². The van der Waals surface area contributed by atoms with Gasteiger partial charge in [-0.2, -0.15) is 0 Å². The van der Waals surface area contributed by atoms with Crippen LogP contribution in [0.1, 0.15) is 40.5 Å². The molecule has 1 aliphatic rings. The van der Waals surface area contributed by atoms with Crippen LogP contribution in [-0.2, 0) is 14.0 Å². The molecule has 1 aliphatic heterocycles. The Hall–Kier alpha value is -0.353. The first kappa shape index (κ1) is 13.7. The summed E-state index contributed by atoms with van der Waals surface area (Å²) in [6.45, 7) is 13.0. The van der Waals surface area contributed by atoms with E-state index in [1.54, 1.807) is 0 Å². The number of hydrogen-bond donors (Lipinski definition) is 0. The van der Waals surface area contributed by atoms with Gasteiger partial charge in [-0.3, -0.25) is 4.79 Å². The van der Waals surface area contributed by atoms with Gasteiger partial charge >= 0.3 is 5.97 Å². The van der Waals surface area contributed by atoms with Gasteiger partial charge in [-0.15, -0.1) is 0 Å². The molecule has 0 aromatic heterocycles. The fourth-order valence-electron chi connectivity index (χ4n) is 1.64. The number of esters is 1. The van der Waals surface area contributed by atoms with E-state index < -0.39 is 8.32 Å². The summed E-state index contributed by atoms with van der Waals surface area (Å²) in [6.07, 6.45) is 1.29. The second kappa shape index (κ2) is 4.49. The minimum Gasteiger partial charge on any atom is -0.462 e. The standard InChI is InChI=1S/C12H24O3Si/c1-9-7-10(8-11(13)14-9)15-16(5,6)12(2,3)4/h9-10H,7-8H2,1-6H3/t9-,10-/m1/s1. The molecule has 0 aromatic rings. The van der Waals surface area contributed by atoms with Gasteiger partial charge in [-0.05, 0) is 25.1 Å². The number of cyclic esters (lactones) is 1. The van der Waals surface area contributed by atoms with Crippen LogP contribution < -0.4 is 0 Å². The molecule has 0 bridgehead atoms. The molecule has 0 saturated carbocycles. The quantitative estimate of drug-likeness (QED) is 0.553. The molecule has 0 radical (unpaired) electrons. The fraction of sp³-hybridized carbons (Fsp3) is 0.917. The molecule has 0 N–H and O–H groups in total. The fourth-order valence-corrected chi connectivity index (χ4v) is 3.01. The molecule has 0 spiro atoms. The molecular weight excluding hydrogens is 220 g/mol. The van der Waals surface area contributed by atoms with Gasteiger partial charge in [0.05, 0.1) is 12.5 Å². The van der Waals surface area contributed by atoms with Gasteiger partial charge in [0.15, 0.2) is 8.32 Å². The Morgan fingerprint density at radius 1 is 1.38 bits per heavy atom. The van der Waals surface area contributed by atoms with Gasteiger partial charge in [-0.25, -0.2) is 0 Å². The molecule has 2 atom stereocenters. The molecule has 1 saturated heterocycles. The minimum atomic E-state index is -1.76. The number of carbonyl (C=O) groups is 1. The Morgan fingerprint density at radius 3 is 2.38 bits per heavy atom. The molecule has 0 unspecified atom stereocenters. The summed E-state index contributed by atoms with van der Waals surface area (Å²) >= 11 is 0. The lowest BCUT2D eigenvalue weighted by molar-refractivity contribution is -0.157. The third kappa shape index (κ3) is 3.32. The molecule has 1 heterocycles. The molecule has 1 rings (SSSR count). The van der Waals surface area contributed by atoms with Crippen LogP contribution >= 0.6 is 0 Å². The van der Waals surface area contributed by atoms with Crippen molar-refractivity contribution in [3.05, 3.63) is 0 Å². The van der Waals surface area contributed by atoms with Crippen molar-refractivity contribution < 1.29 is 14.0 Å². The predicted molar refractivity (Wildman–Crippen MR) is 66.9 cm³/mol. The van der Waals surface area contributed by atoms with E-state index in [1.165, 1.54) is 0 Å². The third-order valence-corrected chi connectivity index (χ3v) is 8.12. The molecule has 16 heavy (non-hydrogen) atoms. The Kier molecular flexibility index (Phi) is 3.85. The maximum atomic E-state index is 11.3. The summed E-state index contributed by atoms with van der Waals surface area (Å²) in [6, 6.07) is 0. The van der Waals surface area contributed by atoms with Crippen molar-refractivity contribution in [1.82, 2.24) is 0 Å². The van der Waals surface area contributed by atoms with E-state index in [9.17, 15) is 4.79 Å². The van der Waals surface area contributed by atoms with Gasteiger partial charge in [0.25, 0.3) is 0 Å². The zero-order valence-electron chi connectivity index (χ0n) is 11.3. The highest BCUT2D eigenvalue weighted by atomic mass is 28.4. The molecule has 0 amide bonds. The first-order chi connectivity index (χ1) is 7.12. The maximum absolute atomic E-state index is 11.3. The predicted octanol–water partition coefficient (Wildman–Crippen LogP) is 3.10. The number of carbonyl (C=O) groups excluding carboxylic acids is 1. The summed E-state index contributed by atoms with van der Waals surface area (Å²) in [5, 5.41) is 0.192. The van der Waals surface area contributed by atoms with Crippen molar-refractivity contribution in [2.45, 2.75) is 70.9 Å². The molecule has 4 heteroatoms. The van der Waals surface area contributed by atoms with Crippen molar-refractivity contribution in [3.8, 4) is 0 Å². The third-order valence-electron chi connectivity index (χ3n) is 3.59. The monoisotopic (exact) mass is 244 g/mol. The van der Waals surface area contributed by atoms with Gasteiger partial charge in [-0.1, -0.05) is 20.8 Å². The molecule has 0 aliphatic carbocycles. The first-order valence-electron chi connectivity index (χ1n) is 5.99. The molecule has 0 aromatic carbocycles. The number of rotatable bonds is 2. The lowest BCUT2D eigenvalue weighted by atomic mass is 10.1. The highest BCUT2D eigenvalue weighted by Gasteiger charge is 2.40. The van der Waals surface area contributed by atoms with E-state index in [2.05, 4.69) is 33.9 Å². The Bertz CT molecular complexity index is 268. The van der Waals surface area contributed by atoms with Crippen LogP contribution in [-0.4, -0.2) is 26.5 Å². The average molecular weight is 244 g/mol. The average Bonchev–Trinajstić information content (AvgIpc) is 1.97.